The molecule has 0 atom stereocenters. The number of carbonyl (C=O) groups is 1. The van der Waals surface area contributed by atoms with E-state index in [1.54, 1.807) is 6.07 Å². The number of fused-ring (bicyclic) bond motifs is 1. The SMILES string of the molecule is C/C(=C\c1ccc(C(C)(C)C)cc1)C(=O)Nc1ccc2c(c1)OCCO2. The third kappa shape index (κ3) is 4.26. The number of ether oxygens (including phenoxy) is 2. The molecule has 26 heavy (non-hydrogen) atoms. The Morgan fingerprint density at radius 3 is 2.31 bits per heavy atom. The Balaban J connectivity index is 1.70. The molecule has 0 bridgehead atoms. The molecule has 0 saturated heterocycles. The summed E-state index contributed by atoms with van der Waals surface area (Å²) in [5.74, 6) is 1.23. The van der Waals surface area contributed by atoms with Crippen LogP contribution < -0.4 is 14.8 Å². The second-order valence-corrected chi connectivity index (χ2v) is 7.51. The first-order valence-corrected chi connectivity index (χ1v) is 8.83. The van der Waals surface area contributed by atoms with Crippen molar-refractivity contribution in [1.29, 1.82) is 0 Å². The van der Waals surface area contributed by atoms with E-state index in [2.05, 4.69) is 38.2 Å². The van der Waals surface area contributed by atoms with Gasteiger partial charge >= 0.3 is 0 Å². The van der Waals surface area contributed by atoms with Crippen molar-refractivity contribution in [1.82, 2.24) is 0 Å². The molecule has 0 aliphatic carbocycles. The minimum atomic E-state index is -0.137. The minimum absolute atomic E-state index is 0.118. The highest BCUT2D eigenvalue weighted by molar-refractivity contribution is 6.06. The first kappa shape index (κ1) is 18.1. The molecule has 0 aromatic heterocycles. The van der Waals surface area contributed by atoms with Gasteiger partial charge in [0.05, 0.1) is 0 Å². The van der Waals surface area contributed by atoms with Crippen LogP contribution in [-0.2, 0) is 10.2 Å². The van der Waals surface area contributed by atoms with E-state index < -0.39 is 0 Å². The van der Waals surface area contributed by atoms with Crippen LogP contribution >= 0.6 is 0 Å². The molecule has 1 N–H and O–H groups in total. The number of hydrogen-bond donors (Lipinski definition) is 1. The molecule has 0 spiro atoms. The lowest BCUT2D eigenvalue weighted by Gasteiger charge is -2.19. The lowest BCUT2D eigenvalue weighted by atomic mass is 9.86. The molecular weight excluding hydrogens is 326 g/mol. The Morgan fingerprint density at radius 2 is 1.65 bits per heavy atom. The maximum atomic E-state index is 12.5. The van der Waals surface area contributed by atoms with Gasteiger partial charge in [0.25, 0.3) is 5.91 Å². The molecule has 1 heterocycles. The molecule has 0 fully saturated rings. The van der Waals surface area contributed by atoms with Crippen LogP contribution in [0.3, 0.4) is 0 Å². The third-order valence-electron chi connectivity index (χ3n) is 4.32. The molecule has 3 rings (SSSR count). The van der Waals surface area contributed by atoms with Gasteiger partial charge in [0.15, 0.2) is 11.5 Å². The lowest BCUT2D eigenvalue weighted by molar-refractivity contribution is -0.112. The summed E-state index contributed by atoms with van der Waals surface area (Å²) in [4.78, 5) is 12.5. The summed E-state index contributed by atoms with van der Waals surface area (Å²) >= 11 is 0. The Morgan fingerprint density at radius 1 is 1.00 bits per heavy atom. The highest BCUT2D eigenvalue weighted by Crippen LogP contribution is 2.32. The molecule has 1 aliphatic heterocycles. The zero-order valence-electron chi connectivity index (χ0n) is 15.8. The molecule has 1 amide bonds. The Hall–Kier alpha value is -2.75. The van der Waals surface area contributed by atoms with Gasteiger partial charge in [-0.25, -0.2) is 0 Å². The fourth-order valence-corrected chi connectivity index (χ4v) is 2.75. The summed E-state index contributed by atoms with van der Waals surface area (Å²) in [6.45, 7) is 9.44. The van der Waals surface area contributed by atoms with Crippen LogP contribution in [0.4, 0.5) is 5.69 Å². The predicted octanol–water partition coefficient (Wildman–Crippen LogP) is 4.80. The highest BCUT2D eigenvalue weighted by atomic mass is 16.6. The first-order chi connectivity index (χ1) is 12.3. The Kier molecular flexibility index (Phi) is 5.03. The van der Waals surface area contributed by atoms with E-state index in [0.717, 1.165) is 5.56 Å². The number of hydrogen-bond acceptors (Lipinski definition) is 3. The van der Waals surface area contributed by atoms with Crippen LogP contribution in [0.5, 0.6) is 11.5 Å². The van der Waals surface area contributed by atoms with E-state index in [1.807, 2.05) is 37.3 Å². The molecule has 0 unspecified atom stereocenters. The number of benzene rings is 2. The van der Waals surface area contributed by atoms with Gasteiger partial charge in [-0.3, -0.25) is 4.79 Å². The Labute approximate surface area is 154 Å². The van der Waals surface area contributed by atoms with Gasteiger partial charge in [-0.1, -0.05) is 45.0 Å². The maximum Gasteiger partial charge on any atom is 0.251 e. The second kappa shape index (κ2) is 7.24. The van der Waals surface area contributed by atoms with Gasteiger partial charge in [0.2, 0.25) is 0 Å². The minimum Gasteiger partial charge on any atom is -0.486 e. The third-order valence-corrected chi connectivity index (χ3v) is 4.32. The summed E-state index contributed by atoms with van der Waals surface area (Å²) in [6.07, 6.45) is 1.89. The largest absolute Gasteiger partial charge is 0.486 e. The van der Waals surface area contributed by atoms with Crippen LogP contribution in [0, 0.1) is 0 Å². The molecule has 4 nitrogen and oxygen atoms in total. The van der Waals surface area contributed by atoms with E-state index in [9.17, 15) is 4.79 Å². The van der Waals surface area contributed by atoms with Gasteiger partial charge in [0.1, 0.15) is 13.2 Å². The molecule has 136 valence electrons. The summed E-state index contributed by atoms with van der Waals surface area (Å²) in [6, 6.07) is 13.7. The van der Waals surface area contributed by atoms with Gasteiger partial charge in [-0.2, -0.15) is 0 Å². The summed E-state index contributed by atoms with van der Waals surface area (Å²) in [5.41, 5.74) is 3.73. The van der Waals surface area contributed by atoms with Gasteiger partial charge in [-0.15, -0.1) is 0 Å². The van der Waals surface area contributed by atoms with Crippen molar-refractivity contribution >= 4 is 17.7 Å². The van der Waals surface area contributed by atoms with Crippen molar-refractivity contribution in [2.75, 3.05) is 18.5 Å². The smallest absolute Gasteiger partial charge is 0.251 e. The molecule has 2 aromatic rings. The van der Waals surface area contributed by atoms with Gasteiger partial charge < -0.3 is 14.8 Å². The highest BCUT2D eigenvalue weighted by Gasteiger charge is 2.14. The van der Waals surface area contributed by atoms with E-state index in [0.29, 0.717) is 36.0 Å². The van der Waals surface area contributed by atoms with Crippen LogP contribution in [-0.4, -0.2) is 19.1 Å². The number of nitrogens with one attached hydrogen (secondary N) is 1. The fraction of sp³-hybridized carbons (Fsp3) is 0.318. The van der Waals surface area contributed by atoms with E-state index >= 15 is 0 Å². The first-order valence-electron chi connectivity index (χ1n) is 8.83. The van der Waals surface area contributed by atoms with Crippen molar-refractivity contribution in [3.63, 3.8) is 0 Å². The van der Waals surface area contributed by atoms with Crippen molar-refractivity contribution in [3.05, 3.63) is 59.2 Å². The van der Waals surface area contributed by atoms with E-state index in [4.69, 9.17) is 9.47 Å². The Bertz CT molecular complexity index is 829. The van der Waals surface area contributed by atoms with Gasteiger partial charge in [-0.05, 0) is 41.7 Å². The van der Waals surface area contributed by atoms with Crippen LogP contribution in [0.25, 0.3) is 6.08 Å². The van der Waals surface area contributed by atoms with Crippen molar-refractivity contribution < 1.29 is 14.3 Å². The quantitative estimate of drug-likeness (QED) is 0.808. The molecule has 0 radical (unpaired) electrons. The summed E-state index contributed by atoms with van der Waals surface area (Å²) < 4.78 is 11.0. The molecule has 4 heteroatoms. The van der Waals surface area contributed by atoms with E-state index in [1.165, 1.54) is 5.56 Å². The van der Waals surface area contributed by atoms with E-state index in [-0.39, 0.29) is 11.3 Å². The molecule has 1 aliphatic rings. The average Bonchev–Trinajstić information content (AvgIpc) is 2.61. The number of rotatable bonds is 3. The van der Waals surface area contributed by atoms with Crippen LogP contribution in [0.2, 0.25) is 0 Å². The van der Waals surface area contributed by atoms with Gasteiger partial charge in [0, 0.05) is 17.3 Å². The standard InChI is InChI=1S/C22H25NO3/c1-15(13-16-5-7-17(8-6-16)22(2,3)4)21(24)23-18-9-10-19-20(14-18)26-12-11-25-19/h5-10,13-14H,11-12H2,1-4H3,(H,23,24)/b15-13+. The van der Waals surface area contributed by atoms with Crippen LogP contribution in [0.15, 0.2) is 48.0 Å². The van der Waals surface area contributed by atoms with Crippen LogP contribution in [0.1, 0.15) is 38.8 Å². The predicted molar refractivity (Wildman–Crippen MR) is 105 cm³/mol. The zero-order chi connectivity index (χ0) is 18.7. The maximum absolute atomic E-state index is 12.5. The monoisotopic (exact) mass is 351 g/mol. The molecular formula is C22H25NO3. The summed E-state index contributed by atoms with van der Waals surface area (Å²) in [7, 11) is 0. The molecule has 2 aromatic carbocycles. The zero-order valence-corrected chi connectivity index (χ0v) is 15.8. The summed E-state index contributed by atoms with van der Waals surface area (Å²) in [5, 5.41) is 2.90. The van der Waals surface area contributed by atoms with Crippen molar-refractivity contribution in [3.8, 4) is 11.5 Å². The number of carbonyl (C=O) groups excluding carboxylic acids is 1. The average molecular weight is 351 g/mol. The van der Waals surface area contributed by atoms with Crippen molar-refractivity contribution in [2.45, 2.75) is 33.1 Å². The second-order valence-electron chi connectivity index (χ2n) is 7.51. The number of amides is 1. The molecule has 0 saturated carbocycles. The number of anilines is 1. The lowest BCUT2D eigenvalue weighted by Crippen LogP contribution is -2.16. The fourth-order valence-electron chi connectivity index (χ4n) is 2.75. The normalized spacial score (nSPS) is 14.1. The topological polar surface area (TPSA) is 47.6 Å². The van der Waals surface area contributed by atoms with Crippen molar-refractivity contribution in [2.24, 2.45) is 0 Å².